The number of fused-ring (bicyclic) bond motifs is 1. The van der Waals surface area contributed by atoms with Gasteiger partial charge in [-0.25, -0.2) is 9.59 Å². The Bertz CT molecular complexity index is 270. The molecule has 2 atom stereocenters. The number of nitrogens with zero attached hydrogens (tertiary/aromatic N) is 1. The van der Waals surface area contributed by atoms with Gasteiger partial charge in [0.25, 0.3) is 0 Å². The minimum atomic E-state index is -0.699. The second-order valence-electron chi connectivity index (χ2n) is 3.99. The maximum absolute atomic E-state index is 11.5. The van der Waals surface area contributed by atoms with E-state index in [0.29, 0.717) is 24.9 Å². The molecule has 2 N–H and O–H groups in total. The Hall–Kier alpha value is -1.30. The fourth-order valence-electron chi connectivity index (χ4n) is 2.20. The molecular formula is C9H15N3O3. The number of carbonyl (C=O) groups excluding carboxylic acids is 2. The number of rotatable bonds is 0. The third-order valence-corrected chi connectivity index (χ3v) is 3.03. The van der Waals surface area contributed by atoms with Crippen molar-refractivity contribution in [1.82, 2.24) is 15.5 Å². The standard InChI is InChI=1S/C9H15N3O3/c1-10-8(13)15-9(14)12-4-6-2-11-3-7(6)5-12/h6-7,11H,2-5H2,1H3,(H,10,13). The van der Waals surface area contributed by atoms with Crippen LogP contribution in [0.2, 0.25) is 0 Å². The second kappa shape index (κ2) is 4.06. The van der Waals surface area contributed by atoms with Gasteiger partial charge in [-0.05, 0) is 11.8 Å². The van der Waals surface area contributed by atoms with Crippen molar-refractivity contribution in [3.05, 3.63) is 0 Å². The molecule has 0 radical (unpaired) electrons. The van der Waals surface area contributed by atoms with Crippen LogP contribution in [-0.2, 0) is 4.74 Å². The molecule has 0 aromatic carbocycles. The molecule has 2 unspecified atom stereocenters. The zero-order chi connectivity index (χ0) is 10.8. The highest BCUT2D eigenvalue weighted by molar-refractivity contribution is 5.83. The summed E-state index contributed by atoms with van der Waals surface area (Å²) in [6.45, 7) is 3.28. The Morgan fingerprint density at radius 2 is 1.93 bits per heavy atom. The molecule has 2 aliphatic rings. The fraction of sp³-hybridized carbons (Fsp3) is 0.778. The van der Waals surface area contributed by atoms with Crippen molar-refractivity contribution in [2.75, 3.05) is 33.2 Å². The predicted molar refractivity (Wildman–Crippen MR) is 52.4 cm³/mol. The number of hydrogen-bond acceptors (Lipinski definition) is 4. The Labute approximate surface area is 87.9 Å². The number of ether oxygens (including phenoxy) is 1. The van der Waals surface area contributed by atoms with Crippen molar-refractivity contribution in [3.63, 3.8) is 0 Å². The van der Waals surface area contributed by atoms with Gasteiger partial charge in [-0.15, -0.1) is 0 Å². The van der Waals surface area contributed by atoms with E-state index in [-0.39, 0.29) is 0 Å². The molecule has 15 heavy (non-hydrogen) atoms. The first-order chi connectivity index (χ1) is 7.20. The number of likely N-dealkylation sites (tertiary alicyclic amines) is 1. The van der Waals surface area contributed by atoms with Crippen LogP contribution in [0, 0.1) is 11.8 Å². The van der Waals surface area contributed by atoms with Crippen LogP contribution in [0.5, 0.6) is 0 Å². The molecule has 6 heteroatoms. The van der Waals surface area contributed by atoms with Gasteiger partial charge in [0.15, 0.2) is 0 Å². The van der Waals surface area contributed by atoms with Gasteiger partial charge in [-0.3, -0.25) is 0 Å². The maximum Gasteiger partial charge on any atom is 0.418 e. The summed E-state index contributed by atoms with van der Waals surface area (Å²) in [5, 5.41) is 5.53. The van der Waals surface area contributed by atoms with Crippen molar-refractivity contribution in [2.24, 2.45) is 11.8 Å². The van der Waals surface area contributed by atoms with Crippen molar-refractivity contribution < 1.29 is 14.3 Å². The van der Waals surface area contributed by atoms with Gasteiger partial charge in [0.05, 0.1) is 0 Å². The van der Waals surface area contributed by atoms with E-state index in [1.165, 1.54) is 7.05 Å². The molecule has 0 bridgehead atoms. The van der Waals surface area contributed by atoms with E-state index in [1.54, 1.807) is 4.90 Å². The minimum absolute atomic E-state index is 0.516. The second-order valence-corrected chi connectivity index (χ2v) is 3.99. The van der Waals surface area contributed by atoms with Gasteiger partial charge in [0, 0.05) is 33.2 Å². The predicted octanol–water partition coefficient (Wildman–Crippen LogP) is -0.386. The summed E-state index contributed by atoms with van der Waals surface area (Å²) in [6.07, 6.45) is -1.24. The van der Waals surface area contributed by atoms with E-state index >= 15 is 0 Å². The van der Waals surface area contributed by atoms with Crippen LogP contribution >= 0.6 is 0 Å². The first-order valence-electron chi connectivity index (χ1n) is 5.10. The molecule has 0 aliphatic carbocycles. The van der Waals surface area contributed by atoms with Crippen LogP contribution in [0.3, 0.4) is 0 Å². The van der Waals surface area contributed by atoms with Crippen molar-refractivity contribution in [3.8, 4) is 0 Å². The van der Waals surface area contributed by atoms with Crippen LogP contribution in [-0.4, -0.2) is 50.3 Å². The quantitative estimate of drug-likeness (QED) is 0.538. The Balaban J connectivity index is 1.85. The molecule has 84 valence electrons. The highest BCUT2D eigenvalue weighted by Crippen LogP contribution is 2.26. The van der Waals surface area contributed by atoms with Gasteiger partial charge >= 0.3 is 12.2 Å². The van der Waals surface area contributed by atoms with E-state index in [4.69, 9.17) is 0 Å². The molecular weight excluding hydrogens is 198 g/mol. The van der Waals surface area contributed by atoms with Crippen molar-refractivity contribution in [2.45, 2.75) is 0 Å². The van der Waals surface area contributed by atoms with Crippen LogP contribution < -0.4 is 10.6 Å². The molecule has 0 aromatic rings. The average Bonchev–Trinajstić information content (AvgIpc) is 2.76. The lowest BCUT2D eigenvalue weighted by molar-refractivity contribution is 0.123. The lowest BCUT2D eigenvalue weighted by atomic mass is 10.0. The lowest BCUT2D eigenvalue weighted by Crippen LogP contribution is -2.35. The first kappa shape index (κ1) is 10.2. The van der Waals surface area contributed by atoms with E-state index in [9.17, 15) is 9.59 Å². The van der Waals surface area contributed by atoms with E-state index in [2.05, 4.69) is 15.4 Å². The monoisotopic (exact) mass is 213 g/mol. The Kier molecular flexibility index (Phi) is 2.77. The highest BCUT2D eigenvalue weighted by atomic mass is 16.6. The fourth-order valence-corrected chi connectivity index (χ4v) is 2.20. The van der Waals surface area contributed by atoms with Crippen LogP contribution in [0.25, 0.3) is 0 Å². The summed E-state index contributed by atoms with van der Waals surface area (Å²) in [6, 6.07) is 0. The van der Waals surface area contributed by atoms with E-state index in [0.717, 1.165) is 13.1 Å². The van der Waals surface area contributed by atoms with E-state index < -0.39 is 12.2 Å². The Morgan fingerprint density at radius 1 is 1.33 bits per heavy atom. The van der Waals surface area contributed by atoms with Crippen LogP contribution in [0.1, 0.15) is 0 Å². The molecule has 2 fully saturated rings. The summed E-state index contributed by atoms with van der Waals surface area (Å²) in [5.41, 5.74) is 0. The molecule has 0 saturated carbocycles. The highest BCUT2D eigenvalue weighted by Gasteiger charge is 2.39. The maximum atomic E-state index is 11.5. The smallest absolute Gasteiger partial charge is 0.359 e. The van der Waals surface area contributed by atoms with Gasteiger partial charge in [0.2, 0.25) is 0 Å². The summed E-state index contributed by atoms with van der Waals surface area (Å²) < 4.78 is 4.57. The van der Waals surface area contributed by atoms with Gasteiger partial charge in [-0.2, -0.15) is 0 Å². The summed E-state index contributed by atoms with van der Waals surface area (Å²) >= 11 is 0. The lowest BCUT2D eigenvalue weighted by Gasteiger charge is -2.15. The van der Waals surface area contributed by atoms with Gasteiger partial charge < -0.3 is 20.3 Å². The Morgan fingerprint density at radius 3 is 2.47 bits per heavy atom. The van der Waals surface area contributed by atoms with Crippen molar-refractivity contribution in [1.29, 1.82) is 0 Å². The average molecular weight is 213 g/mol. The minimum Gasteiger partial charge on any atom is -0.359 e. The SMILES string of the molecule is CNC(=O)OC(=O)N1CC2CNCC2C1. The molecule has 6 nitrogen and oxygen atoms in total. The summed E-state index contributed by atoms with van der Waals surface area (Å²) in [5.74, 6) is 1.03. The summed E-state index contributed by atoms with van der Waals surface area (Å²) in [4.78, 5) is 23.9. The van der Waals surface area contributed by atoms with Crippen molar-refractivity contribution >= 4 is 12.2 Å². The normalized spacial score (nSPS) is 28.7. The molecule has 2 heterocycles. The van der Waals surface area contributed by atoms with Crippen LogP contribution in [0.15, 0.2) is 0 Å². The third kappa shape index (κ3) is 2.04. The molecule has 0 aromatic heterocycles. The molecule has 2 saturated heterocycles. The van der Waals surface area contributed by atoms with E-state index in [1.807, 2.05) is 0 Å². The molecule has 0 spiro atoms. The third-order valence-electron chi connectivity index (χ3n) is 3.03. The van der Waals surface area contributed by atoms with Gasteiger partial charge in [0.1, 0.15) is 0 Å². The van der Waals surface area contributed by atoms with Crippen LogP contribution in [0.4, 0.5) is 9.59 Å². The zero-order valence-electron chi connectivity index (χ0n) is 8.66. The number of carbonyl (C=O) groups is 2. The molecule has 2 amide bonds. The number of alkyl carbamates (subject to hydrolysis) is 1. The topological polar surface area (TPSA) is 70.7 Å². The first-order valence-corrected chi connectivity index (χ1v) is 5.10. The zero-order valence-corrected chi connectivity index (χ0v) is 8.66. The number of nitrogens with one attached hydrogen (secondary N) is 2. The summed E-state index contributed by atoms with van der Waals surface area (Å²) in [7, 11) is 1.43. The molecule has 2 rings (SSSR count). The largest absolute Gasteiger partial charge is 0.418 e. The van der Waals surface area contributed by atoms with Gasteiger partial charge in [-0.1, -0.05) is 0 Å². The molecule has 2 aliphatic heterocycles. The number of hydrogen-bond donors (Lipinski definition) is 2. The number of amides is 2.